The number of benzene rings is 1. The Morgan fingerprint density at radius 2 is 2.06 bits per heavy atom. The van der Waals surface area contributed by atoms with E-state index in [1.807, 2.05) is 0 Å². The molecule has 1 aliphatic rings. The first-order valence-electron chi connectivity index (χ1n) is 5.61. The number of fused-ring (bicyclic) bond motifs is 1. The Morgan fingerprint density at radius 1 is 1.39 bits per heavy atom. The van der Waals surface area contributed by atoms with Gasteiger partial charge in [-0.1, -0.05) is 18.2 Å². The third kappa shape index (κ3) is 1.51. The molecule has 0 amide bonds. The van der Waals surface area contributed by atoms with Crippen LogP contribution in [0.5, 0.6) is 0 Å². The van der Waals surface area contributed by atoms with Crippen molar-refractivity contribution in [1.29, 1.82) is 0 Å². The van der Waals surface area contributed by atoms with Crippen LogP contribution in [-0.2, 0) is 0 Å². The predicted octanol–water partition coefficient (Wildman–Crippen LogP) is 1.98. The van der Waals surface area contributed by atoms with Gasteiger partial charge in [-0.2, -0.15) is 0 Å². The quantitative estimate of drug-likeness (QED) is 0.882. The number of carboxylic acid groups (broad SMARTS) is 1. The zero-order valence-corrected chi connectivity index (χ0v) is 9.34. The standard InChI is InChI=1S/C13H10FNO3/c14-9-6-11(9)15-10-4-2-1-3-7(10)5-8(12(15)16)13(17)18/h1-5,9,11H,6H2,(H,17,18). The molecule has 4 nitrogen and oxygen atoms in total. The molecule has 0 spiro atoms. The molecule has 18 heavy (non-hydrogen) atoms. The van der Waals surface area contributed by atoms with Crippen LogP contribution in [-0.4, -0.2) is 21.8 Å². The van der Waals surface area contributed by atoms with Crippen LogP contribution in [0.15, 0.2) is 35.1 Å². The smallest absolute Gasteiger partial charge is 0.341 e. The Bertz CT molecular complexity index is 707. The molecule has 0 bridgehead atoms. The molecule has 5 heteroatoms. The van der Waals surface area contributed by atoms with Crippen molar-refractivity contribution in [3.8, 4) is 0 Å². The maximum Gasteiger partial charge on any atom is 0.341 e. The van der Waals surface area contributed by atoms with Crippen LogP contribution in [0.25, 0.3) is 10.9 Å². The molecule has 0 aliphatic heterocycles. The maximum atomic E-state index is 13.2. The van der Waals surface area contributed by atoms with E-state index in [4.69, 9.17) is 5.11 Å². The lowest BCUT2D eigenvalue weighted by atomic mass is 10.1. The lowest BCUT2D eigenvalue weighted by Gasteiger charge is -2.10. The zero-order valence-electron chi connectivity index (χ0n) is 9.34. The number of aromatic carboxylic acids is 1. The zero-order chi connectivity index (χ0) is 12.9. The number of carbonyl (C=O) groups is 1. The number of rotatable bonds is 2. The highest BCUT2D eigenvalue weighted by atomic mass is 19.1. The number of hydrogen-bond donors (Lipinski definition) is 1. The van der Waals surface area contributed by atoms with E-state index < -0.39 is 23.7 Å². The molecule has 3 rings (SSSR count). The van der Waals surface area contributed by atoms with Crippen LogP contribution in [0, 0.1) is 0 Å². The molecule has 2 atom stereocenters. The van der Waals surface area contributed by atoms with Gasteiger partial charge in [0, 0.05) is 6.42 Å². The fourth-order valence-electron chi connectivity index (χ4n) is 2.19. The van der Waals surface area contributed by atoms with E-state index in [0.717, 1.165) is 0 Å². The van der Waals surface area contributed by atoms with Gasteiger partial charge in [0.1, 0.15) is 11.7 Å². The van der Waals surface area contributed by atoms with Gasteiger partial charge in [0.2, 0.25) is 0 Å². The molecular formula is C13H10FNO3. The number of para-hydroxylation sites is 1. The molecule has 0 saturated heterocycles. The summed E-state index contributed by atoms with van der Waals surface area (Å²) in [4.78, 5) is 23.1. The molecule has 92 valence electrons. The Hall–Kier alpha value is -2.17. The normalized spacial score (nSPS) is 22.1. The minimum Gasteiger partial charge on any atom is -0.477 e. The summed E-state index contributed by atoms with van der Waals surface area (Å²) >= 11 is 0. The van der Waals surface area contributed by atoms with Gasteiger partial charge < -0.3 is 9.67 Å². The summed E-state index contributed by atoms with van der Waals surface area (Å²) in [5.74, 6) is -1.28. The van der Waals surface area contributed by atoms with Gasteiger partial charge in [-0.15, -0.1) is 0 Å². The highest BCUT2D eigenvalue weighted by molar-refractivity contribution is 5.92. The second kappa shape index (κ2) is 3.66. The van der Waals surface area contributed by atoms with Gasteiger partial charge >= 0.3 is 5.97 Å². The van der Waals surface area contributed by atoms with Crippen molar-refractivity contribution < 1.29 is 14.3 Å². The van der Waals surface area contributed by atoms with Crippen molar-refractivity contribution in [2.24, 2.45) is 0 Å². The summed E-state index contributed by atoms with van der Waals surface area (Å²) in [6.45, 7) is 0. The van der Waals surface area contributed by atoms with Crippen molar-refractivity contribution in [1.82, 2.24) is 4.57 Å². The van der Waals surface area contributed by atoms with Crippen molar-refractivity contribution >= 4 is 16.9 Å². The van der Waals surface area contributed by atoms with E-state index in [1.54, 1.807) is 24.3 Å². The molecule has 1 aromatic heterocycles. The topological polar surface area (TPSA) is 59.3 Å². The molecule has 1 N–H and O–H groups in total. The summed E-state index contributed by atoms with van der Waals surface area (Å²) in [6, 6.07) is 7.73. The largest absolute Gasteiger partial charge is 0.477 e. The first kappa shape index (κ1) is 11.0. The van der Waals surface area contributed by atoms with Crippen molar-refractivity contribution in [3.05, 3.63) is 46.2 Å². The number of halogens is 1. The highest BCUT2D eigenvalue weighted by Crippen LogP contribution is 2.39. The monoisotopic (exact) mass is 247 g/mol. The van der Waals surface area contributed by atoms with Gasteiger partial charge in [-0.3, -0.25) is 4.79 Å². The summed E-state index contributed by atoms with van der Waals surface area (Å²) in [6.07, 6.45) is -0.789. The van der Waals surface area contributed by atoms with Gasteiger partial charge in [0.25, 0.3) is 5.56 Å². The Morgan fingerprint density at radius 3 is 2.67 bits per heavy atom. The number of nitrogens with zero attached hydrogens (tertiary/aromatic N) is 1. The predicted molar refractivity (Wildman–Crippen MR) is 63.7 cm³/mol. The molecule has 1 fully saturated rings. The van der Waals surface area contributed by atoms with Crippen molar-refractivity contribution in [3.63, 3.8) is 0 Å². The minimum absolute atomic E-state index is 0.271. The lowest BCUT2D eigenvalue weighted by Crippen LogP contribution is -2.26. The minimum atomic E-state index is -1.28. The molecule has 2 aromatic rings. The molecule has 0 radical (unpaired) electrons. The summed E-state index contributed by atoms with van der Waals surface area (Å²) in [7, 11) is 0. The number of alkyl halides is 1. The molecule has 1 aromatic carbocycles. The van der Waals surface area contributed by atoms with Gasteiger partial charge in [-0.05, 0) is 17.5 Å². The van der Waals surface area contributed by atoms with E-state index in [9.17, 15) is 14.0 Å². The van der Waals surface area contributed by atoms with E-state index in [-0.39, 0.29) is 12.0 Å². The van der Waals surface area contributed by atoms with Crippen LogP contribution >= 0.6 is 0 Å². The second-order valence-electron chi connectivity index (χ2n) is 4.42. The van der Waals surface area contributed by atoms with Gasteiger partial charge in [0.05, 0.1) is 11.6 Å². The lowest BCUT2D eigenvalue weighted by molar-refractivity contribution is 0.0694. The molecular weight excluding hydrogens is 237 g/mol. The van der Waals surface area contributed by atoms with E-state index >= 15 is 0 Å². The second-order valence-corrected chi connectivity index (χ2v) is 4.42. The van der Waals surface area contributed by atoms with Crippen LogP contribution in [0.3, 0.4) is 0 Å². The Balaban J connectivity index is 2.39. The van der Waals surface area contributed by atoms with Crippen LogP contribution in [0.2, 0.25) is 0 Å². The number of pyridine rings is 1. The average molecular weight is 247 g/mol. The third-order valence-corrected chi connectivity index (χ3v) is 3.19. The van der Waals surface area contributed by atoms with E-state index in [0.29, 0.717) is 10.9 Å². The third-order valence-electron chi connectivity index (χ3n) is 3.19. The van der Waals surface area contributed by atoms with Crippen molar-refractivity contribution in [2.45, 2.75) is 18.6 Å². The van der Waals surface area contributed by atoms with Crippen molar-refractivity contribution in [2.75, 3.05) is 0 Å². The first-order chi connectivity index (χ1) is 8.59. The summed E-state index contributed by atoms with van der Waals surface area (Å²) < 4.78 is 14.5. The van der Waals surface area contributed by atoms with E-state index in [1.165, 1.54) is 10.6 Å². The highest BCUT2D eigenvalue weighted by Gasteiger charge is 2.41. The van der Waals surface area contributed by atoms with Crippen LogP contribution in [0.4, 0.5) is 4.39 Å². The summed E-state index contributed by atoms with van der Waals surface area (Å²) in [5.41, 5.74) is -0.364. The number of hydrogen-bond acceptors (Lipinski definition) is 2. The number of carboxylic acids is 1. The Labute approximate surface area is 101 Å². The molecule has 1 aliphatic carbocycles. The maximum absolute atomic E-state index is 13.2. The first-order valence-corrected chi connectivity index (χ1v) is 5.61. The molecule has 1 saturated carbocycles. The van der Waals surface area contributed by atoms with Crippen LogP contribution < -0.4 is 5.56 Å². The fourth-order valence-corrected chi connectivity index (χ4v) is 2.19. The van der Waals surface area contributed by atoms with Gasteiger partial charge in [-0.25, -0.2) is 9.18 Å². The Kier molecular flexibility index (Phi) is 2.23. The van der Waals surface area contributed by atoms with Gasteiger partial charge in [0.15, 0.2) is 0 Å². The SMILES string of the molecule is O=C(O)c1cc2ccccc2n(C2CC2F)c1=O. The average Bonchev–Trinajstić information content (AvgIpc) is 3.04. The van der Waals surface area contributed by atoms with Crippen LogP contribution in [0.1, 0.15) is 22.8 Å². The van der Waals surface area contributed by atoms with E-state index in [2.05, 4.69) is 0 Å². The molecule has 2 unspecified atom stereocenters. The number of aromatic nitrogens is 1. The molecule has 1 heterocycles. The summed E-state index contributed by atoms with van der Waals surface area (Å²) in [5, 5.41) is 9.64. The fraction of sp³-hybridized carbons (Fsp3) is 0.231.